The van der Waals surface area contributed by atoms with Gasteiger partial charge >= 0.3 is 0 Å². The van der Waals surface area contributed by atoms with E-state index in [1.165, 1.54) is 18.2 Å². The number of hydrogen-bond donors (Lipinski definition) is 0. The van der Waals surface area contributed by atoms with E-state index in [1.807, 2.05) is 6.92 Å². The molecule has 33 heavy (non-hydrogen) atoms. The lowest BCUT2D eigenvalue weighted by atomic mass is 9.96. The molecule has 0 atom stereocenters. The van der Waals surface area contributed by atoms with Gasteiger partial charge in [0, 0.05) is 10.9 Å². The summed E-state index contributed by atoms with van der Waals surface area (Å²) in [7, 11) is 0. The largest absolute Gasteiger partial charge is 0.206 e. The third kappa shape index (κ3) is 4.45. The lowest BCUT2D eigenvalue weighted by Crippen LogP contribution is -1.95. The third-order valence-corrected chi connectivity index (χ3v) is 5.21. The summed E-state index contributed by atoms with van der Waals surface area (Å²) in [6.45, 7) is 2.01. The van der Waals surface area contributed by atoms with E-state index in [2.05, 4.69) is 11.8 Å². The van der Waals surface area contributed by atoms with Gasteiger partial charge in [0.05, 0.1) is 11.1 Å². The van der Waals surface area contributed by atoms with Crippen molar-refractivity contribution in [3.8, 4) is 23.0 Å². The van der Waals surface area contributed by atoms with Crippen molar-refractivity contribution in [2.45, 2.75) is 19.8 Å². The second-order valence-electron chi connectivity index (χ2n) is 7.55. The maximum absolute atomic E-state index is 15.2. The molecule has 0 fully saturated rings. The number of benzene rings is 4. The van der Waals surface area contributed by atoms with Crippen molar-refractivity contribution >= 4 is 10.8 Å². The zero-order valence-corrected chi connectivity index (χ0v) is 17.4. The Morgan fingerprint density at radius 2 is 1.39 bits per heavy atom. The Morgan fingerprint density at radius 3 is 2.06 bits per heavy atom. The molecular weight excluding hydrogens is 438 g/mol. The fraction of sp³-hybridized carbons (Fsp3) is 0.111. The average Bonchev–Trinajstić information content (AvgIpc) is 2.77. The van der Waals surface area contributed by atoms with Crippen molar-refractivity contribution in [1.29, 1.82) is 0 Å². The van der Waals surface area contributed by atoms with E-state index in [4.69, 9.17) is 0 Å². The Morgan fingerprint density at radius 1 is 0.667 bits per heavy atom. The van der Waals surface area contributed by atoms with Gasteiger partial charge in [0.2, 0.25) is 0 Å². The summed E-state index contributed by atoms with van der Waals surface area (Å²) < 4.78 is 84.2. The molecule has 166 valence electrons. The van der Waals surface area contributed by atoms with E-state index in [0.29, 0.717) is 17.5 Å². The molecule has 4 rings (SSSR count). The van der Waals surface area contributed by atoms with Gasteiger partial charge in [0.25, 0.3) is 0 Å². The quantitative estimate of drug-likeness (QED) is 0.169. The Bertz CT molecular complexity index is 1420. The Kier molecular flexibility index (Phi) is 6.15. The topological polar surface area (TPSA) is 0 Å². The van der Waals surface area contributed by atoms with Gasteiger partial charge in [-0.05, 0) is 53.3 Å². The first-order valence-electron chi connectivity index (χ1n) is 10.2. The van der Waals surface area contributed by atoms with Crippen molar-refractivity contribution < 1.29 is 26.3 Å². The van der Waals surface area contributed by atoms with Gasteiger partial charge in [0.1, 0.15) is 17.5 Å². The van der Waals surface area contributed by atoms with Gasteiger partial charge in [-0.15, -0.1) is 0 Å². The van der Waals surface area contributed by atoms with Crippen LogP contribution in [0.2, 0.25) is 0 Å². The lowest BCUT2D eigenvalue weighted by molar-refractivity contribution is 0.446. The second kappa shape index (κ2) is 9.03. The minimum atomic E-state index is -1.63. The van der Waals surface area contributed by atoms with Crippen LogP contribution in [-0.2, 0) is 6.42 Å². The molecule has 0 unspecified atom stereocenters. The van der Waals surface area contributed by atoms with Crippen LogP contribution in [0.3, 0.4) is 0 Å². The van der Waals surface area contributed by atoms with E-state index in [1.54, 1.807) is 18.2 Å². The van der Waals surface area contributed by atoms with E-state index in [-0.39, 0.29) is 27.6 Å². The number of aryl methyl sites for hydroxylation is 1. The van der Waals surface area contributed by atoms with Crippen LogP contribution < -0.4 is 0 Å². The minimum Gasteiger partial charge on any atom is -0.206 e. The van der Waals surface area contributed by atoms with Crippen LogP contribution >= 0.6 is 0 Å². The van der Waals surface area contributed by atoms with E-state index >= 15 is 4.39 Å². The fourth-order valence-electron chi connectivity index (χ4n) is 3.63. The highest BCUT2D eigenvalue weighted by Gasteiger charge is 2.17. The summed E-state index contributed by atoms with van der Waals surface area (Å²) in [5.74, 6) is -2.23. The van der Waals surface area contributed by atoms with E-state index in [0.717, 1.165) is 24.5 Å². The van der Waals surface area contributed by atoms with Crippen LogP contribution in [0, 0.1) is 46.7 Å². The normalized spacial score (nSPS) is 10.9. The van der Waals surface area contributed by atoms with Crippen LogP contribution in [0.15, 0.2) is 54.6 Å². The SMILES string of the molecule is CCCc1ccc2c(F)c(-c3ccc(C#Cc4cc(F)c(F)c(F)c4)c(F)c3)c(F)cc2c1. The van der Waals surface area contributed by atoms with Crippen LogP contribution in [0.5, 0.6) is 0 Å². The number of halogens is 6. The van der Waals surface area contributed by atoms with Gasteiger partial charge < -0.3 is 0 Å². The van der Waals surface area contributed by atoms with Gasteiger partial charge in [-0.2, -0.15) is 0 Å². The van der Waals surface area contributed by atoms with Crippen molar-refractivity contribution in [1.82, 2.24) is 0 Å². The molecule has 0 radical (unpaired) electrons. The molecule has 0 bridgehead atoms. The van der Waals surface area contributed by atoms with Crippen molar-refractivity contribution in [3.63, 3.8) is 0 Å². The summed E-state index contributed by atoms with van der Waals surface area (Å²) in [4.78, 5) is 0. The fourth-order valence-corrected chi connectivity index (χ4v) is 3.63. The highest BCUT2D eigenvalue weighted by molar-refractivity contribution is 5.89. The molecule has 0 heterocycles. The monoisotopic (exact) mass is 454 g/mol. The molecule has 0 amide bonds. The molecule has 4 aromatic carbocycles. The summed E-state index contributed by atoms with van der Waals surface area (Å²) >= 11 is 0. The summed E-state index contributed by atoms with van der Waals surface area (Å²) in [6.07, 6.45) is 1.68. The maximum Gasteiger partial charge on any atom is 0.194 e. The molecule has 0 aliphatic carbocycles. The van der Waals surface area contributed by atoms with Crippen LogP contribution in [0.25, 0.3) is 21.9 Å². The molecule has 0 saturated carbocycles. The Labute approximate surface area is 186 Å². The van der Waals surface area contributed by atoms with Gasteiger partial charge in [-0.25, -0.2) is 26.3 Å². The number of fused-ring (bicyclic) bond motifs is 1. The third-order valence-electron chi connectivity index (χ3n) is 5.21. The maximum atomic E-state index is 15.2. The molecule has 0 saturated heterocycles. The zero-order chi connectivity index (χ0) is 23.7. The lowest BCUT2D eigenvalue weighted by Gasteiger charge is -2.11. The predicted molar refractivity (Wildman–Crippen MR) is 116 cm³/mol. The Balaban J connectivity index is 1.72. The van der Waals surface area contributed by atoms with Gasteiger partial charge in [0.15, 0.2) is 17.5 Å². The van der Waals surface area contributed by atoms with Crippen molar-refractivity contribution in [2.75, 3.05) is 0 Å². The first-order chi connectivity index (χ1) is 15.8. The molecule has 0 spiro atoms. The van der Waals surface area contributed by atoms with Gasteiger partial charge in [-0.3, -0.25) is 0 Å². The van der Waals surface area contributed by atoms with Crippen LogP contribution in [-0.4, -0.2) is 0 Å². The van der Waals surface area contributed by atoms with E-state index < -0.39 is 34.9 Å². The molecular formula is C27H16F6. The molecule has 0 aromatic heterocycles. The number of hydrogen-bond acceptors (Lipinski definition) is 0. The van der Waals surface area contributed by atoms with Crippen LogP contribution in [0.1, 0.15) is 30.0 Å². The summed E-state index contributed by atoms with van der Waals surface area (Å²) in [6, 6.07) is 11.1. The summed E-state index contributed by atoms with van der Waals surface area (Å²) in [5, 5.41) is 0.636. The highest BCUT2D eigenvalue weighted by atomic mass is 19.2. The standard InChI is InChI=1S/C27H16F6/c1-2-3-15-5-9-20-19(10-15)14-22(29)25(26(20)32)18-8-7-17(21(28)13-18)6-4-16-11-23(30)27(33)24(31)12-16/h5,7-14H,2-3H2,1H3. The van der Waals surface area contributed by atoms with E-state index in [9.17, 15) is 22.0 Å². The molecule has 0 nitrogen and oxygen atoms in total. The highest BCUT2D eigenvalue weighted by Crippen LogP contribution is 2.33. The molecule has 0 aliphatic heterocycles. The second-order valence-corrected chi connectivity index (χ2v) is 7.55. The van der Waals surface area contributed by atoms with Crippen molar-refractivity contribution in [3.05, 3.63) is 106 Å². The predicted octanol–water partition coefficient (Wildman–Crippen LogP) is 7.69. The molecule has 0 N–H and O–H groups in total. The molecule has 0 aliphatic rings. The number of rotatable bonds is 3. The summed E-state index contributed by atoms with van der Waals surface area (Å²) in [5.41, 5.74) is 0.225. The molecule has 4 aromatic rings. The minimum absolute atomic E-state index is 0.0218. The van der Waals surface area contributed by atoms with Gasteiger partial charge in [-0.1, -0.05) is 49.5 Å². The smallest absolute Gasteiger partial charge is 0.194 e. The molecule has 6 heteroatoms. The van der Waals surface area contributed by atoms with Crippen LogP contribution in [0.4, 0.5) is 26.3 Å². The Hall–Kier alpha value is -3.72. The average molecular weight is 454 g/mol. The first kappa shape index (κ1) is 22.5. The first-order valence-corrected chi connectivity index (χ1v) is 10.2. The zero-order valence-electron chi connectivity index (χ0n) is 17.4. The van der Waals surface area contributed by atoms with Crippen molar-refractivity contribution in [2.24, 2.45) is 0 Å².